The Morgan fingerprint density at radius 2 is 1.94 bits per heavy atom. The fourth-order valence-corrected chi connectivity index (χ4v) is 2.86. The molecule has 0 aliphatic heterocycles. The third kappa shape index (κ3) is 2.81. The molecule has 0 radical (unpaired) electrons. The highest BCUT2D eigenvalue weighted by molar-refractivity contribution is 5.45. The predicted octanol–water partition coefficient (Wildman–Crippen LogP) is 3.89. The van der Waals surface area contributed by atoms with Crippen LogP contribution in [0.3, 0.4) is 0 Å². The number of methoxy groups -OCH3 is 1. The average Bonchev–Trinajstić information content (AvgIpc) is 2.35. The highest BCUT2D eigenvalue weighted by atomic mass is 16.5. The summed E-state index contributed by atoms with van der Waals surface area (Å²) in [7, 11) is 1.71. The summed E-state index contributed by atoms with van der Waals surface area (Å²) in [6.07, 6.45) is 6.34. The Kier molecular flexibility index (Phi) is 4.06. The van der Waals surface area contributed by atoms with Crippen molar-refractivity contribution in [3.8, 4) is 5.75 Å². The lowest BCUT2D eigenvalue weighted by atomic mass is 9.82. The number of rotatable bonds is 3. The molecule has 1 aliphatic carbocycles. The number of phenolic OH excluding ortho intramolecular Hbond substituents is 1. The highest BCUT2D eigenvalue weighted by Crippen LogP contribution is 2.39. The molecule has 1 saturated carbocycles. The van der Waals surface area contributed by atoms with E-state index in [1.807, 2.05) is 13.0 Å². The van der Waals surface area contributed by atoms with Crippen molar-refractivity contribution >= 4 is 0 Å². The molecule has 94 valence electrons. The molecule has 2 heteroatoms. The van der Waals surface area contributed by atoms with Crippen molar-refractivity contribution in [2.45, 2.75) is 51.6 Å². The second-order valence-electron chi connectivity index (χ2n) is 5.12. The largest absolute Gasteiger partial charge is 0.507 e. The van der Waals surface area contributed by atoms with Crippen LogP contribution in [-0.4, -0.2) is 12.2 Å². The summed E-state index contributed by atoms with van der Waals surface area (Å²) in [5, 5.41) is 10.2. The lowest BCUT2D eigenvalue weighted by Crippen LogP contribution is -2.06. The molecule has 0 bridgehead atoms. The van der Waals surface area contributed by atoms with Gasteiger partial charge in [-0.1, -0.05) is 25.3 Å². The minimum absolute atomic E-state index is 0.497. The summed E-state index contributed by atoms with van der Waals surface area (Å²) in [6.45, 7) is 2.60. The zero-order valence-corrected chi connectivity index (χ0v) is 10.8. The van der Waals surface area contributed by atoms with Gasteiger partial charge in [-0.3, -0.25) is 0 Å². The Bertz CT molecular complexity index is 379. The minimum Gasteiger partial charge on any atom is -0.507 e. The van der Waals surface area contributed by atoms with Gasteiger partial charge in [0, 0.05) is 7.11 Å². The Labute approximate surface area is 104 Å². The van der Waals surface area contributed by atoms with Crippen molar-refractivity contribution < 1.29 is 9.84 Å². The maximum Gasteiger partial charge on any atom is 0.121 e. The summed E-state index contributed by atoms with van der Waals surface area (Å²) in [4.78, 5) is 0. The molecule has 1 N–H and O–H groups in total. The molecule has 0 atom stereocenters. The van der Waals surface area contributed by atoms with Crippen LogP contribution in [-0.2, 0) is 11.3 Å². The molecule has 0 spiro atoms. The van der Waals surface area contributed by atoms with Crippen molar-refractivity contribution in [1.29, 1.82) is 0 Å². The number of ether oxygens (including phenoxy) is 1. The van der Waals surface area contributed by atoms with E-state index in [9.17, 15) is 5.11 Å². The van der Waals surface area contributed by atoms with Gasteiger partial charge in [0.15, 0.2) is 0 Å². The number of aromatic hydroxyl groups is 1. The van der Waals surface area contributed by atoms with Gasteiger partial charge < -0.3 is 9.84 Å². The number of aryl methyl sites for hydroxylation is 1. The van der Waals surface area contributed by atoms with E-state index >= 15 is 0 Å². The van der Waals surface area contributed by atoms with Gasteiger partial charge in [-0.25, -0.2) is 0 Å². The van der Waals surface area contributed by atoms with Crippen LogP contribution < -0.4 is 0 Å². The number of hydrogen-bond acceptors (Lipinski definition) is 2. The molecular weight excluding hydrogens is 212 g/mol. The van der Waals surface area contributed by atoms with Gasteiger partial charge in [-0.05, 0) is 48.4 Å². The first-order valence-electron chi connectivity index (χ1n) is 6.53. The quantitative estimate of drug-likeness (QED) is 0.859. The Balaban J connectivity index is 2.29. The van der Waals surface area contributed by atoms with Crippen molar-refractivity contribution in [2.75, 3.05) is 7.11 Å². The molecule has 0 amide bonds. The van der Waals surface area contributed by atoms with Gasteiger partial charge in [-0.2, -0.15) is 0 Å². The molecule has 17 heavy (non-hydrogen) atoms. The van der Waals surface area contributed by atoms with Crippen LogP contribution in [0.1, 0.15) is 54.7 Å². The Hall–Kier alpha value is -1.02. The molecule has 1 aliphatic rings. The first-order chi connectivity index (χ1) is 8.22. The third-order valence-corrected chi connectivity index (χ3v) is 3.75. The zero-order chi connectivity index (χ0) is 12.3. The summed E-state index contributed by atoms with van der Waals surface area (Å²) in [5.41, 5.74) is 3.28. The van der Waals surface area contributed by atoms with E-state index in [0.717, 1.165) is 11.1 Å². The van der Waals surface area contributed by atoms with Crippen LogP contribution in [0.2, 0.25) is 0 Å². The first kappa shape index (κ1) is 12.4. The number of hydrogen-bond donors (Lipinski definition) is 1. The second kappa shape index (κ2) is 5.54. The van der Waals surface area contributed by atoms with Gasteiger partial charge >= 0.3 is 0 Å². The molecule has 0 heterocycles. The van der Waals surface area contributed by atoms with E-state index in [4.69, 9.17) is 4.74 Å². The van der Waals surface area contributed by atoms with E-state index < -0.39 is 0 Å². The fourth-order valence-electron chi connectivity index (χ4n) is 2.86. The summed E-state index contributed by atoms with van der Waals surface area (Å²) in [5.74, 6) is 1.04. The smallest absolute Gasteiger partial charge is 0.121 e. The number of phenols is 1. The highest BCUT2D eigenvalue weighted by Gasteiger charge is 2.20. The molecule has 2 rings (SSSR count). The lowest BCUT2D eigenvalue weighted by molar-refractivity contribution is 0.184. The Morgan fingerprint density at radius 1 is 1.24 bits per heavy atom. The van der Waals surface area contributed by atoms with Crippen molar-refractivity contribution in [3.05, 3.63) is 28.8 Å². The van der Waals surface area contributed by atoms with Gasteiger partial charge in [0.05, 0.1) is 6.61 Å². The molecule has 1 aromatic rings. The van der Waals surface area contributed by atoms with Crippen LogP contribution in [0.15, 0.2) is 12.1 Å². The van der Waals surface area contributed by atoms with E-state index in [0.29, 0.717) is 18.3 Å². The van der Waals surface area contributed by atoms with Crippen LogP contribution in [0, 0.1) is 6.92 Å². The standard InChI is InChI=1S/C15H22O2/c1-11-8-12(10-17-2)9-14(15(11)16)13-6-4-3-5-7-13/h8-9,13,16H,3-7,10H2,1-2H3. The molecule has 0 aromatic heterocycles. The number of benzene rings is 1. The van der Waals surface area contributed by atoms with E-state index in [1.54, 1.807) is 7.11 Å². The van der Waals surface area contributed by atoms with E-state index in [2.05, 4.69) is 6.07 Å². The van der Waals surface area contributed by atoms with E-state index in [-0.39, 0.29) is 0 Å². The average molecular weight is 234 g/mol. The van der Waals surface area contributed by atoms with Crippen molar-refractivity contribution in [1.82, 2.24) is 0 Å². The molecule has 1 aromatic carbocycles. The van der Waals surface area contributed by atoms with Gasteiger partial charge in [0.1, 0.15) is 5.75 Å². The lowest BCUT2D eigenvalue weighted by Gasteiger charge is -2.24. The first-order valence-corrected chi connectivity index (χ1v) is 6.53. The molecular formula is C15H22O2. The third-order valence-electron chi connectivity index (χ3n) is 3.75. The van der Waals surface area contributed by atoms with Gasteiger partial charge in [0.25, 0.3) is 0 Å². The zero-order valence-electron chi connectivity index (χ0n) is 10.8. The van der Waals surface area contributed by atoms with Crippen LogP contribution in [0.25, 0.3) is 0 Å². The maximum atomic E-state index is 10.2. The predicted molar refractivity (Wildman–Crippen MR) is 69.4 cm³/mol. The fraction of sp³-hybridized carbons (Fsp3) is 0.600. The molecule has 2 nitrogen and oxygen atoms in total. The van der Waals surface area contributed by atoms with Crippen LogP contribution in [0.5, 0.6) is 5.75 Å². The monoisotopic (exact) mass is 234 g/mol. The van der Waals surface area contributed by atoms with Gasteiger partial charge in [-0.15, -0.1) is 0 Å². The van der Waals surface area contributed by atoms with E-state index in [1.165, 1.54) is 37.7 Å². The van der Waals surface area contributed by atoms with Crippen LogP contribution in [0.4, 0.5) is 0 Å². The Morgan fingerprint density at radius 3 is 2.59 bits per heavy atom. The minimum atomic E-state index is 0.497. The maximum absolute atomic E-state index is 10.2. The second-order valence-corrected chi connectivity index (χ2v) is 5.12. The molecule has 0 unspecified atom stereocenters. The van der Waals surface area contributed by atoms with Crippen molar-refractivity contribution in [2.24, 2.45) is 0 Å². The summed E-state index contributed by atoms with van der Waals surface area (Å²) < 4.78 is 5.18. The van der Waals surface area contributed by atoms with Gasteiger partial charge in [0.2, 0.25) is 0 Å². The normalized spacial score (nSPS) is 17.3. The van der Waals surface area contributed by atoms with Crippen LogP contribution >= 0.6 is 0 Å². The topological polar surface area (TPSA) is 29.5 Å². The van der Waals surface area contributed by atoms with Crippen molar-refractivity contribution in [3.63, 3.8) is 0 Å². The summed E-state index contributed by atoms with van der Waals surface area (Å²) >= 11 is 0. The SMILES string of the molecule is COCc1cc(C)c(O)c(C2CCCCC2)c1. The summed E-state index contributed by atoms with van der Waals surface area (Å²) in [6, 6.07) is 4.15. The molecule has 0 saturated heterocycles. The molecule has 1 fully saturated rings.